The number of nitrogens with one attached hydrogen (secondary N) is 1. The summed E-state index contributed by atoms with van der Waals surface area (Å²) in [5.41, 5.74) is 3.37. The number of fused-ring (bicyclic) bond motifs is 1. The fraction of sp³-hybridized carbons (Fsp3) is 0.150. The van der Waals surface area contributed by atoms with Crippen molar-refractivity contribution in [2.45, 2.75) is 18.9 Å². The first-order chi connectivity index (χ1) is 12.6. The van der Waals surface area contributed by atoms with Gasteiger partial charge in [0.05, 0.1) is 11.1 Å². The van der Waals surface area contributed by atoms with Crippen LogP contribution in [0.1, 0.15) is 22.8 Å². The quantitative estimate of drug-likeness (QED) is 0.715. The maximum atomic E-state index is 12.9. The van der Waals surface area contributed by atoms with Crippen LogP contribution < -0.4 is 5.32 Å². The van der Waals surface area contributed by atoms with E-state index in [0.717, 1.165) is 11.1 Å². The maximum absolute atomic E-state index is 12.9. The third-order valence-corrected chi connectivity index (χ3v) is 5.15. The summed E-state index contributed by atoms with van der Waals surface area (Å²) in [6, 6.07) is 16.8. The molecule has 1 aromatic heterocycles. The van der Waals surface area contributed by atoms with E-state index >= 15 is 0 Å². The number of hydrogen-bond donors (Lipinski definition) is 1. The van der Waals surface area contributed by atoms with Crippen LogP contribution in [-0.2, 0) is 16.0 Å². The summed E-state index contributed by atoms with van der Waals surface area (Å²) < 4.78 is 5.49. The second-order valence-electron chi connectivity index (χ2n) is 6.30. The molecule has 0 bridgehead atoms. The van der Waals surface area contributed by atoms with Crippen molar-refractivity contribution in [3.8, 4) is 11.3 Å². The van der Waals surface area contributed by atoms with Gasteiger partial charge in [0.15, 0.2) is 5.60 Å². The van der Waals surface area contributed by atoms with Crippen LogP contribution in [0.5, 0.6) is 0 Å². The minimum atomic E-state index is -1.26. The topological polar surface area (TPSA) is 68.3 Å². The number of rotatable bonds is 3. The van der Waals surface area contributed by atoms with Crippen molar-refractivity contribution in [3.05, 3.63) is 71.2 Å². The average Bonchev–Trinajstić information content (AvgIpc) is 3.10. The Balaban J connectivity index is 1.60. The Morgan fingerprint density at radius 2 is 1.88 bits per heavy atom. The molecule has 1 N–H and O–H groups in total. The molecule has 130 valence electrons. The lowest BCUT2D eigenvalue weighted by Gasteiger charge is -2.32. The fourth-order valence-electron chi connectivity index (χ4n) is 3.03. The molecule has 1 amide bonds. The average molecular weight is 364 g/mol. The largest absolute Gasteiger partial charge is 0.445 e. The summed E-state index contributed by atoms with van der Waals surface area (Å²) in [7, 11) is 0. The van der Waals surface area contributed by atoms with Gasteiger partial charge >= 0.3 is 5.97 Å². The molecule has 2 aromatic carbocycles. The first-order valence-electron chi connectivity index (χ1n) is 8.18. The standard InChI is InChI=1S/C20H16N2O3S/c1-20(11-14-9-5-6-10-15(14)18(23)25-20)19(24)22-17-16(21-12-26-17)13-7-3-2-4-8-13/h2-10,12H,11H2,1H3,(H,22,24). The molecule has 0 aliphatic carbocycles. The number of anilines is 1. The normalized spacial score (nSPS) is 18.7. The van der Waals surface area contributed by atoms with Gasteiger partial charge in [0.1, 0.15) is 10.7 Å². The second kappa shape index (κ2) is 6.38. The van der Waals surface area contributed by atoms with Crippen molar-refractivity contribution < 1.29 is 14.3 Å². The molecular formula is C20H16N2O3S. The van der Waals surface area contributed by atoms with Crippen molar-refractivity contribution in [1.29, 1.82) is 0 Å². The van der Waals surface area contributed by atoms with Crippen molar-refractivity contribution in [2.75, 3.05) is 5.32 Å². The highest BCUT2D eigenvalue weighted by Gasteiger charge is 2.43. The van der Waals surface area contributed by atoms with Gasteiger partial charge in [-0.15, -0.1) is 11.3 Å². The zero-order valence-electron chi connectivity index (χ0n) is 14.1. The van der Waals surface area contributed by atoms with Gasteiger partial charge in [-0.05, 0) is 18.6 Å². The van der Waals surface area contributed by atoms with Crippen molar-refractivity contribution >= 4 is 28.2 Å². The Hall–Kier alpha value is -2.99. The molecule has 1 unspecified atom stereocenters. The van der Waals surface area contributed by atoms with Crippen molar-refractivity contribution in [2.24, 2.45) is 0 Å². The maximum Gasteiger partial charge on any atom is 0.339 e. The molecule has 0 saturated heterocycles. The van der Waals surface area contributed by atoms with E-state index in [-0.39, 0.29) is 5.91 Å². The SMILES string of the molecule is CC1(C(=O)Nc2scnc2-c2ccccc2)Cc2ccccc2C(=O)O1. The predicted molar refractivity (Wildman–Crippen MR) is 100 cm³/mol. The highest BCUT2D eigenvalue weighted by Crippen LogP contribution is 2.33. The molecule has 26 heavy (non-hydrogen) atoms. The molecule has 0 spiro atoms. The number of carbonyl (C=O) groups excluding carboxylic acids is 2. The molecule has 2 heterocycles. The highest BCUT2D eigenvalue weighted by molar-refractivity contribution is 7.14. The van der Waals surface area contributed by atoms with Crippen LogP contribution in [0.4, 0.5) is 5.00 Å². The Labute approximate surface area is 154 Å². The molecule has 1 aliphatic heterocycles. The minimum Gasteiger partial charge on any atom is -0.445 e. The summed E-state index contributed by atoms with van der Waals surface area (Å²) in [4.78, 5) is 29.6. The van der Waals surface area contributed by atoms with E-state index in [9.17, 15) is 9.59 Å². The van der Waals surface area contributed by atoms with Crippen LogP contribution in [0.2, 0.25) is 0 Å². The number of cyclic esters (lactones) is 1. The molecular weight excluding hydrogens is 348 g/mol. The number of carbonyl (C=O) groups is 2. The number of amides is 1. The smallest absolute Gasteiger partial charge is 0.339 e. The zero-order chi connectivity index (χ0) is 18.1. The van der Waals surface area contributed by atoms with E-state index < -0.39 is 11.6 Å². The third kappa shape index (κ3) is 2.88. The molecule has 0 radical (unpaired) electrons. The monoisotopic (exact) mass is 364 g/mol. The van der Waals surface area contributed by atoms with Crippen molar-refractivity contribution in [3.63, 3.8) is 0 Å². The van der Waals surface area contributed by atoms with E-state index in [1.165, 1.54) is 11.3 Å². The number of thiazole rings is 1. The fourth-order valence-corrected chi connectivity index (χ4v) is 3.73. The summed E-state index contributed by atoms with van der Waals surface area (Å²) in [5, 5.41) is 3.53. The number of esters is 1. The Kier molecular flexibility index (Phi) is 4.05. The highest BCUT2D eigenvalue weighted by atomic mass is 32.1. The minimum absolute atomic E-state index is 0.334. The molecule has 1 atom stereocenters. The Bertz CT molecular complexity index is 983. The summed E-state index contributed by atoms with van der Waals surface area (Å²) in [6.07, 6.45) is 0.334. The second-order valence-corrected chi connectivity index (χ2v) is 7.16. The van der Waals surface area contributed by atoms with E-state index in [0.29, 0.717) is 22.7 Å². The van der Waals surface area contributed by atoms with Crippen LogP contribution >= 0.6 is 11.3 Å². The zero-order valence-corrected chi connectivity index (χ0v) is 14.9. The van der Waals surface area contributed by atoms with Gasteiger partial charge in [-0.1, -0.05) is 48.5 Å². The van der Waals surface area contributed by atoms with Crippen LogP contribution in [0, 0.1) is 0 Å². The Morgan fingerprint density at radius 3 is 2.69 bits per heavy atom. The summed E-state index contributed by atoms with van der Waals surface area (Å²) in [5.74, 6) is -0.834. The van der Waals surface area contributed by atoms with E-state index in [2.05, 4.69) is 10.3 Å². The number of aromatic nitrogens is 1. The number of ether oxygens (including phenoxy) is 1. The lowest BCUT2D eigenvalue weighted by molar-refractivity contribution is -0.134. The number of benzene rings is 2. The molecule has 1 aliphatic rings. The van der Waals surface area contributed by atoms with Gasteiger partial charge in [-0.2, -0.15) is 0 Å². The summed E-state index contributed by atoms with van der Waals surface area (Å²) >= 11 is 1.34. The van der Waals surface area contributed by atoms with Crippen LogP contribution in [0.15, 0.2) is 60.1 Å². The third-order valence-electron chi connectivity index (χ3n) is 4.41. The van der Waals surface area contributed by atoms with Crippen LogP contribution in [0.25, 0.3) is 11.3 Å². The number of hydrogen-bond acceptors (Lipinski definition) is 5. The molecule has 4 rings (SSSR count). The van der Waals surface area contributed by atoms with E-state index in [1.54, 1.807) is 24.6 Å². The predicted octanol–water partition coefficient (Wildman–Crippen LogP) is 3.92. The van der Waals surface area contributed by atoms with Crippen LogP contribution in [-0.4, -0.2) is 22.5 Å². The van der Waals surface area contributed by atoms with E-state index in [4.69, 9.17) is 4.74 Å². The first-order valence-corrected chi connectivity index (χ1v) is 9.06. The van der Waals surface area contributed by atoms with Gasteiger partial charge in [-0.3, -0.25) is 4.79 Å². The Morgan fingerprint density at radius 1 is 1.15 bits per heavy atom. The number of nitrogens with zero attached hydrogens (tertiary/aromatic N) is 1. The van der Waals surface area contributed by atoms with Gasteiger partial charge in [0, 0.05) is 12.0 Å². The van der Waals surface area contributed by atoms with Gasteiger partial charge in [0.2, 0.25) is 0 Å². The molecule has 0 saturated carbocycles. The van der Waals surface area contributed by atoms with Gasteiger partial charge in [0.25, 0.3) is 5.91 Å². The summed E-state index contributed by atoms with van der Waals surface area (Å²) in [6.45, 7) is 1.64. The van der Waals surface area contributed by atoms with Gasteiger partial charge < -0.3 is 10.1 Å². The van der Waals surface area contributed by atoms with Crippen LogP contribution in [0.3, 0.4) is 0 Å². The molecule has 3 aromatic rings. The first kappa shape index (κ1) is 16.5. The molecule has 5 nitrogen and oxygen atoms in total. The van der Waals surface area contributed by atoms with Crippen molar-refractivity contribution in [1.82, 2.24) is 4.98 Å². The lowest BCUT2D eigenvalue weighted by atomic mass is 9.89. The molecule has 6 heteroatoms. The van der Waals surface area contributed by atoms with Gasteiger partial charge in [-0.25, -0.2) is 9.78 Å². The van der Waals surface area contributed by atoms with E-state index in [1.807, 2.05) is 42.5 Å². The molecule has 0 fully saturated rings. The lowest BCUT2D eigenvalue weighted by Crippen LogP contribution is -2.48.